The van der Waals surface area contributed by atoms with Gasteiger partial charge in [0.1, 0.15) is 5.75 Å². The summed E-state index contributed by atoms with van der Waals surface area (Å²) in [4.78, 5) is 12.1. The van der Waals surface area contributed by atoms with Crippen LogP contribution in [-0.4, -0.2) is 39.9 Å². The van der Waals surface area contributed by atoms with Gasteiger partial charge in [0, 0.05) is 5.69 Å². The molecular formula is C19H17ClF3N7O2S. The minimum atomic E-state index is -4.64. The number of halogens is 4. The van der Waals surface area contributed by atoms with Gasteiger partial charge in [0.05, 0.1) is 29.7 Å². The van der Waals surface area contributed by atoms with Crippen molar-refractivity contribution in [1.29, 1.82) is 0 Å². The molecule has 3 rings (SSSR count). The van der Waals surface area contributed by atoms with Gasteiger partial charge in [0.15, 0.2) is 0 Å². The van der Waals surface area contributed by atoms with Gasteiger partial charge in [-0.1, -0.05) is 35.5 Å². The number of carbonyl (C=O) groups excluding carboxylic acids is 1. The summed E-state index contributed by atoms with van der Waals surface area (Å²) in [6, 6.07) is 10.3. The molecule has 0 radical (unpaired) electrons. The number of amides is 1. The largest absolute Gasteiger partial charge is 0.497 e. The van der Waals surface area contributed by atoms with E-state index >= 15 is 0 Å². The Balaban J connectivity index is 1.56. The normalized spacial score (nSPS) is 11.5. The van der Waals surface area contributed by atoms with Crippen molar-refractivity contribution in [3.05, 3.63) is 58.6 Å². The number of carbonyl (C=O) groups is 1. The number of nitrogens with zero attached hydrogens (tertiary/aromatic N) is 4. The summed E-state index contributed by atoms with van der Waals surface area (Å²) in [6.07, 6.45) is -3.11. The van der Waals surface area contributed by atoms with Crippen molar-refractivity contribution in [2.75, 3.05) is 29.4 Å². The minimum Gasteiger partial charge on any atom is -0.497 e. The Morgan fingerprint density at radius 3 is 2.82 bits per heavy atom. The molecule has 9 nitrogen and oxygen atoms in total. The Hall–Kier alpha value is -3.45. The maximum Gasteiger partial charge on any atom is 0.417 e. The van der Waals surface area contributed by atoms with Crippen LogP contribution in [0, 0.1) is 0 Å². The fourth-order valence-electron chi connectivity index (χ4n) is 2.49. The number of nitrogens with one attached hydrogen (secondary N) is 2. The van der Waals surface area contributed by atoms with Crippen molar-refractivity contribution < 1.29 is 22.7 Å². The fraction of sp³-hybridized carbons (Fsp3) is 0.158. The third kappa shape index (κ3) is 6.52. The van der Waals surface area contributed by atoms with Gasteiger partial charge in [0.2, 0.25) is 11.1 Å². The standard InChI is InChI=1S/C19H17ClF3N7O2S/c1-32-13-4-2-3-11(7-13)9-25-27-17-28-29-18(30(17)24)33-10-16(31)26-12-5-6-15(20)14(8-12)19(21,22)23/h2-9H,10,24H2,1H3,(H,26,31)(H,27,28)/b25-9+. The van der Waals surface area contributed by atoms with Crippen LogP contribution in [0.2, 0.25) is 5.02 Å². The highest BCUT2D eigenvalue weighted by atomic mass is 35.5. The van der Waals surface area contributed by atoms with Gasteiger partial charge in [-0.2, -0.15) is 18.3 Å². The van der Waals surface area contributed by atoms with E-state index in [1.807, 2.05) is 6.07 Å². The van der Waals surface area contributed by atoms with Crippen LogP contribution in [0.5, 0.6) is 5.75 Å². The molecule has 174 valence electrons. The molecule has 4 N–H and O–H groups in total. The zero-order valence-corrected chi connectivity index (χ0v) is 18.5. The minimum absolute atomic E-state index is 0.0409. The van der Waals surface area contributed by atoms with Crippen LogP contribution in [0.1, 0.15) is 11.1 Å². The van der Waals surface area contributed by atoms with Gasteiger partial charge in [0.25, 0.3) is 5.95 Å². The van der Waals surface area contributed by atoms with E-state index in [1.165, 1.54) is 12.3 Å². The first kappa shape index (κ1) is 24.2. The highest BCUT2D eigenvalue weighted by Crippen LogP contribution is 2.36. The highest BCUT2D eigenvalue weighted by molar-refractivity contribution is 7.99. The van der Waals surface area contributed by atoms with E-state index in [0.717, 1.165) is 34.1 Å². The highest BCUT2D eigenvalue weighted by Gasteiger charge is 2.33. The third-order valence-corrected chi connectivity index (χ3v) is 5.30. The van der Waals surface area contributed by atoms with Gasteiger partial charge in [-0.25, -0.2) is 10.1 Å². The molecule has 0 bridgehead atoms. The Kier molecular flexibility index (Phi) is 7.66. The molecule has 1 heterocycles. The lowest BCUT2D eigenvalue weighted by molar-refractivity contribution is -0.137. The van der Waals surface area contributed by atoms with E-state index in [4.69, 9.17) is 22.2 Å². The van der Waals surface area contributed by atoms with E-state index in [9.17, 15) is 18.0 Å². The second kappa shape index (κ2) is 10.4. The Bertz CT molecular complexity index is 1170. The summed E-state index contributed by atoms with van der Waals surface area (Å²) in [5, 5.41) is 13.8. The van der Waals surface area contributed by atoms with Crippen molar-refractivity contribution in [3.8, 4) is 5.75 Å². The predicted molar refractivity (Wildman–Crippen MR) is 120 cm³/mol. The van der Waals surface area contributed by atoms with E-state index in [1.54, 1.807) is 25.3 Å². The number of thioether (sulfide) groups is 1. The zero-order chi connectivity index (χ0) is 24.0. The second-order valence-corrected chi connectivity index (χ2v) is 7.70. The molecule has 0 aliphatic carbocycles. The number of benzene rings is 2. The van der Waals surface area contributed by atoms with Crippen LogP contribution in [0.15, 0.2) is 52.7 Å². The maximum atomic E-state index is 12.9. The van der Waals surface area contributed by atoms with Gasteiger partial charge >= 0.3 is 6.18 Å². The molecule has 0 aliphatic rings. The lowest BCUT2D eigenvalue weighted by atomic mass is 10.2. The lowest BCUT2D eigenvalue weighted by Gasteiger charge is -2.11. The molecule has 1 amide bonds. The van der Waals surface area contributed by atoms with Crippen molar-refractivity contribution >= 4 is 47.1 Å². The van der Waals surface area contributed by atoms with E-state index in [2.05, 4.69) is 26.0 Å². The van der Waals surface area contributed by atoms with Crippen LogP contribution in [0.4, 0.5) is 24.8 Å². The van der Waals surface area contributed by atoms with Crippen LogP contribution < -0.4 is 21.3 Å². The molecule has 0 saturated carbocycles. The molecule has 0 unspecified atom stereocenters. The molecule has 33 heavy (non-hydrogen) atoms. The van der Waals surface area contributed by atoms with Gasteiger partial charge in [-0.3, -0.25) is 4.79 Å². The summed E-state index contributed by atoms with van der Waals surface area (Å²) in [6.45, 7) is 0. The first-order chi connectivity index (χ1) is 15.7. The molecule has 0 spiro atoms. The molecule has 3 aromatic rings. The summed E-state index contributed by atoms with van der Waals surface area (Å²) >= 11 is 6.51. The zero-order valence-electron chi connectivity index (χ0n) is 16.9. The van der Waals surface area contributed by atoms with Crippen LogP contribution in [-0.2, 0) is 11.0 Å². The van der Waals surface area contributed by atoms with Crippen LogP contribution >= 0.6 is 23.4 Å². The average Bonchev–Trinajstić information content (AvgIpc) is 3.12. The topological polar surface area (TPSA) is 119 Å². The summed E-state index contributed by atoms with van der Waals surface area (Å²) < 4.78 is 45.1. The summed E-state index contributed by atoms with van der Waals surface area (Å²) in [5.41, 5.74) is 2.32. The van der Waals surface area contributed by atoms with Crippen molar-refractivity contribution in [3.63, 3.8) is 0 Å². The number of alkyl halides is 3. The third-order valence-electron chi connectivity index (χ3n) is 4.02. The number of anilines is 2. The number of aromatic nitrogens is 3. The summed E-state index contributed by atoms with van der Waals surface area (Å²) in [7, 11) is 1.56. The monoisotopic (exact) mass is 499 g/mol. The van der Waals surface area contributed by atoms with Crippen LogP contribution in [0.3, 0.4) is 0 Å². The van der Waals surface area contributed by atoms with Crippen molar-refractivity contribution in [2.24, 2.45) is 5.10 Å². The fourth-order valence-corrected chi connectivity index (χ4v) is 3.37. The first-order valence-corrected chi connectivity index (χ1v) is 10.5. The molecular weight excluding hydrogens is 483 g/mol. The van der Waals surface area contributed by atoms with Crippen LogP contribution in [0.25, 0.3) is 0 Å². The van der Waals surface area contributed by atoms with E-state index < -0.39 is 22.7 Å². The lowest BCUT2D eigenvalue weighted by Crippen LogP contribution is -2.17. The Labute approximate surface area is 195 Å². The maximum absolute atomic E-state index is 12.9. The van der Waals surface area contributed by atoms with E-state index in [0.29, 0.717) is 5.75 Å². The number of hydrogen-bond acceptors (Lipinski definition) is 8. The molecule has 1 aromatic heterocycles. The SMILES string of the molecule is COc1cccc(/C=N/Nc2nnc(SCC(=O)Nc3ccc(Cl)c(C(F)(F)F)c3)n2N)c1. The summed E-state index contributed by atoms with van der Waals surface area (Å²) in [5.74, 6) is 5.94. The quantitative estimate of drug-likeness (QED) is 0.186. The first-order valence-electron chi connectivity index (χ1n) is 9.10. The number of methoxy groups -OCH3 is 1. The van der Waals surface area contributed by atoms with Gasteiger partial charge in [-0.15, -0.1) is 10.2 Å². The molecule has 2 aromatic carbocycles. The number of nitrogen functional groups attached to an aromatic ring is 1. The predicted octanol–water partition coefficient (Wildman–Crippen LogP) is 3.85. The van der Waals surface area contributed by atoms with Crippen molar-refractivity contribution in [1.82, 2.24) is 14.9 Å². The van der Waals surface area contributed by atoms with E-state index in [-0.39, 0.29) is 22.5 Å². The molecule has 0 fully saturated rings. The number of rotatable bonds is 8. The van der Waals surface area contributed by atoms with Gasteiger partial charge in [-0.05, 0) is 35.9 Å². The number of nitrogens with two attached hydrogens (primary N) is 1. The van der Waals surface area contributed by atoms with Gasteiger partial charge < -0.3 is 15.9 Å². The molecule has 14 heteroatoms. The average molecular weight is 500 g/mol. The smallest absolute Gasteiger partial charge is 0.417 e. The Morgan fingerprint density at radius 1 is 1.30 bits per heavy atom. The molecule has 0 atom stereocenters. The second-order valence-electron chi connectivity index (χ2n) is 6.35. The number of ether oxygens (including phenoxy) is 1. The molecule has 0 saturated heterocycles. The van der Waals surface area contributed by atoms with Crippen molar-refractivity contribution in [2.45, 2.75) is 11.3 Å². The Morgan fingerprint density at radius 2 is 2.09 bits per heavy atom. The molecule has 0 aliphatic heterocycles. The number of hydrazone groups is 1. The number of hydrogen-bond donors (Lipinski definition) is 3.